The van der Waals surface area contributed by atoms with Gasteiger partial charge in [-0.05, 0) is 46.5 Å². The average Bonchev–Trinajstić information content (AvgIpc) is 2.99. The van der Waals surface area contributed by atoms with Crippen molar-refractivity contribution in [1.29, 1.82) is 0 Å². The van der Waals surface area contributed by atoms with Gasteiger partial charge in [-0.1, -0.05) is 17.7 Å². The molecular formula is C15H15ClFNO2S. The number of benzene rings is 1. The van der Waals surface area contributed by atoms with Crippen LogP contribution in [0.3, 0.4) is 0 Å². The molecule has 2 aromatic rings. The molecule has 1 unspecified atom stereocenters. The molecule has 0 aliphatic carbocycles. The molecule has 0 aliphatic rings. The van der Waals surface area contributed by atoms with Gasteiger partial charge in [0.15, 0.2) is 0 Å². The number of carbonyl (C=O) groups is 1. The second-order valence-corrected chi connectivity index (χ2v) is 5.80. The van der Waals surface area contributed by atoms with Crippen LogP contribution in [0.2, 0.25) is 5.02 Å². The number of halogens is 2. The standard InChI is InChI=1S/C15H15ClFNO2S/c16-12-3-2-11(7-13(12)17)14(8-19)18-15(20)4-1-10-5-6-21-9-10/h2-3,5-7,9,14,19H,1,4,8H2,(H,18,20). The lowest BCUT2D eigenvalue weighted by Crippen LogP contribution is -2.31. The number of aryl methyl sites for hydroxylation is 1. The molecule has 2 rings (SSSR count). The van der Waals surface area contributed by atoms with Gasteiger partial charge in [0.25, 0.3) is 0 Å². The fourth-order valence-electron chi connectivity index (χ4n) is 1.92. The van der Waals surface area contributed by atoms with E-state index in [1.165, 1.54) is 12.1 Å². The maximum atomic E-state index is 13.4. The van der Waals surface area contributed by atoms with Gasteiger partial charge in [0, 0.05) is 6.42 Å². The van der Waals surface area contributed by atoms with E-state index in [0.29, 0.717) is 18.4 Å². The van der Waals surface area contributed by atoms with Crippen LogP contribution in [-0.2, 0) is 11.2 Å². The molecule has 0 aliphatic heterocycles. The van der Waals surface area contributed by atoms with Gasteiger partial charge in [0.1, 0.15) is 5.82 Å². The molecule has 0 radical (unpaired) electrons. The van der Waals surface area contributed by atoms with Gasteiger partial charge >= 0.3 is 0 Å². The van der Waals surface area contributed by atoms with Crippen LogP contribution in [0.25, 0.3) is 0 Å². The maximum absolute atomic E-state index is 13.4. The number of carbonyl (C=O) groups excluding carboxylic acids is 1. The van der Waals surface area contributed by atoms with E-state index in [1.807, 2.05) is 16.8 Å². The highest BCUT2D eigenvalue weighted by Crippen LogP contribution is 2.20. The molecule has 0 saturated heterocycles. The third-order valence-electron chi connectivity index (χ3n) is 3.08. The molecule has 0 bridgehead atoms. The molecule has 2 N–H and O–H groups in total. The second kappa shape index (κ2) is 7.54. The molecule has 3 nitrogen and oxygen atoms in total. The number of thiophene rings is 1. The summed E-state index contributed by atoms with van der Waals surface area (Å²) in [5.41, 5.74) is 1.59. The number of hydrogen-bond donors (Lipinski definition) is 2. The fourth-order valence-corrected chi connectivity index (χ4v) is 2.74. The van der Waals surface area contributed by atoms with Crippen molar-refractivity contribution in [3.05, 3.63) is 57.0 Å². The van der Waals surface area contributed by atoms with Crippen molar-refractivity contribution >= 4 is 28.8 Å². The monoisotopic (exact) mass is 327 g/mol. The van der Waals surface area contributed by atoms with Gasteiger partial charge in [-0.25, -0.2) is 4.39 Å². The topological polar surface area (TPSA) is 49.3 Å². The summed E-state index contributed by atoms with van der Waals surface area (Å²) >= 11 is 7.20. The van der Waals surface area contributed by atoms with E-state index >= 15 is 0 Å². The minimum atomic E-state index is -0.633. The molecule has 0 spiro atoms. The second-order valence-electron chi connectivity index (χ2n) is 4.61. The van der Waals surface area contributed by atoms with Crippen LogP contribution in [-0.4, -0.2) is 17.6 Å². The number of amides is 1. The molecule has 1 heterocycles. The van der Waals surface area contributed by atoms with E-state index < -0.39 is 11.9 Å². The van der Waals surface area contributed by atoms with Crippen molar-refractivity contribution < 1.29 is 14.3 Å². The summed E-state index contributed by atoms with van der Waals surface area (Å²) in [5.74, 6) is -0.754. The van der Waals surface area contributed by atoms with Crippen molar-refractivity contribution in [3.63, 3.8) is 0 Å². The lowest BCUT2D eigenvalue weighted by atomic mass is 10.1. The summed E-state index contributed by atoms with van der Waals surface area (Å²) < 4.78 is 13.4. The molecule has 0 fully saturated rings. The molecule has 1 aromatic heterocycles. The summed E-state index contributed by atoms with van der Waals surface area (Å²) in [6.07, 6.45) is 0.964. The van der Waals surface area contributed by atoms with Gasteiger partial charge in [-0.15, -0.1) is 0 Å². The zero-order chi connectivity index (χ0) is 15.2. The lowest BCUT2D eigenvalue weighted by molar-refractivity contribution is -0.122. The van der Waals surface area contributed by atoms with Crippen molar-refractivity contribution in [1.82, 2.24) is 5.32 Å². The smallest absolute Gasteiger partial charge is 0.220 e. The fraction of sp³-hybridized carbons (Fsp3) is 0.267. The lowest BCUT2D eigenvalue weighted by Gasteiger charge is -2.17. The molecule has 0 saturated carbocycles. The third-order valence-corrected chi connectivity index (χ3v) is 4.12. The minimum absolute atomic E-state index is 0.0132. The van der Waals surface area contributed by atoms with Gasteiger partial charge in [-0.3, -0.25) is 4.79 Å². The van der Waals surface area contributed by atoms with Gasteiger partial charge in [0.05, 0.1) is 17.7 Å². The van der Waals surface area contributed by atoms with Crippen molar-refractivity contribution in [3.8, 4) is 0 Å². The number of aliphatic hydroxyl groups excluding tert-OH is 1. The molecule has 21 heavy (non-hydrogen) atoms. The Labute approximate surface area is 131 Å². The number of aliphatic hydroxyl groups is 1. The highest BCUT2D eigenvalue weighted by molar-refractivity contribution is 7.07. The highest BCUT2D eigenvalue weighted by atomic mass is 35.5. The Bertz CT molecular complexity index is 604. The summed E-state index contributed by atoms with van der Waals surface area (Å²) in [6, 6.07) is 5.56. The van der Waals surface area contributed by atoms with E-state index in [1.54, 1.807) is 17.4 Å². The van der Waals surface area contributed by atoms with Crippen LogP contribution in [0.15, 0.2) is 35.0 Å². The Kier molecular flexibility index (Phi) is 5.73. The number of hydrogen-bond acceptors (Lipinski definition) is 3. The van der Waals surface area contributed by atoms with E-state index in [2.05, 4.69) is 5.32 Å². The van der Waals surface area contributed by atoms with Crippen LogP contribution in [0, 0.1) is 5.82 Å². The predicted octanol–water partition coefficient (Wildman–Crippen LogP) is 3.32. The van der Waals surface area contributed by atoms with Gasteiger partial charge in [-0.2, -0.15) is 11.3 Å². The molecule has 1 aromatic carbocycles. The Hall–Kier alpha value is -1.43. The highest BCUT2D eigenvalue weighted by Gasteiger charge is 2.15. The largest absolute Gasteiger partial charge is 0.394 e. The Morgan fingerprint density at radius 3 is 2.86 bits per heavy atom. The normalized spacial score (nSPS) is 12.1. The number of rotatable bonds is 6. The molecular weight excluding hydrogens is 313 g/mol. The zero-order valence-corrected chi connectivity index (χ0v) is 12.8. The predicted molar refractivity (Wildman–Crippen MR) is 82.0 cm³/mol. The summed E-state index contributed by atoms with van der Waals surface area (Å²) in [5, 5.41) is 16.0. The van der Waals surface area contributed by atoms with Crippen molar-refractivity contribution in [2.24, 2.45) is 0 Å². The first kappa shape index (κ1) is 15.9. The summed E-state index contributed by atoms with van der Waals surface area (Å²) in [6.45, 7) is -0.300. The first-order chi connectivity index (χ1) is 10.1. The summed E-state index contributed by atoms with van der Waals surface area (Å²) in [4.78, 5) is 11.9. The maximum Gasteiger partial charge on any atom is 0.220 e. The first-order valence-electron chi connectivity index (χ1n) is 6.46. The van der Waals surface area contributed by atoms with Crippen LogP contribution in [0.4, 0.5) is 4.39 Å². The van der Waals surface area contributed by atoms with Crippen molar-refractivity contribution in [2.45, 2.75) is 18.9 Å². The quantitative estimate of drug-likeness (QED) is 0.855. The zero-order valence-electron chi connectivity index (χ0n) is 11.2. The average molecular weight is 328 g/mol. The van der Waals surface area contributed by atoms with Crippen LogP contribution in [0.1, 0.15) is 23.6 Å². The van der Waals surface area contributed by atoms with E-state index in [9.17, 15) is 14.3 Å². The number of nitrogens with one attached hydrogen (secondary N) is 1. The van der Waals surface area contributed by atoms with Crippen LogP contribution >= 0.6 is 22.9 Å². The SMILES string of the molecule is O=C(CCc1ccsc1)NC(CO)c1ccc(Cl)c(F)c1. The third kappa shape index (κ3) is 4.52. The van der Waals surface area contributed by atoms with E-state index in [0.717, 1.165) is 5.56 Å². The molecule has 6 heteroatoms. The van der Waals surface area contributed by atoms with E-state index in [4.69, 9.17) is 11.6 Å². The van der Waals surface area contributed by atoms with Gasteiger partial charge in [0.2, 0.25) is 5.91 Å². The van der Waals surface area contributed by atoms with Crippen LogP contribution in [0.5, 0.6) is 0 Å². The Morgan fingerprint density at radius 1 is 1.43 bits per heavy atom. The molecule has 1 amide bonds. The minimum Gasteiger partial charge on any atom is -0.394 e. The first-order valence-corrected chi connectivity index (χ1v) is 7.78. The Morgan fingerprint density at radius 2 is 2.24 bits per heavy atom. The van der Waals surface area contributed by atoms with E-state index in [-0.39, 0.29) is 17.5 Å². The molecule has 1 atom stereocenters. The summed E-state index contributed by atoms with van der Waals surface area (Å²) in [7, 11) is 0. The van der Waals surface area contributed by atoms with Crippen LogP contribution < -0.4 is 5.32 Å². The molecule has 112 valence electrons. The Balaban J connectivity index is 1.94. The van der Waals surface area contributed by atoms with Crippen molar-refractivity contribution in [2.75, 3.05) is 6.61 Å². The van der Waals surface area contributed by atoms with Gasteiger partial charge < -0.3 is 10.4 Å².